The maximum absolute atomic E-state index is 6.33. The SMILES string of the molecule is CN(C)Cc1nc2ccccc2n1Cc1ccc(Cl)cc1Cl. The van der Waals surface area contributed by atoms with Gasteiger partial charge in [-0.3, -0.25) is 0 Å². The molecule has 1 aromatic heterocycles. The minimum absolute atomic E-state index is 0.651. The second-order valence-corrected chi connectivity index (χ2v) is 6.42. The quantitative estimate of drug-likeness (QED) is 0.703. The number of fused-ring (bicyclic) bond motifs is 1. The zero-order valence-electron chi connectivity index (χ0n) is 12.6. The summed E-state index contributed by atoms with van der Waals surface area (Å²) < 4.78 is 2.21. The smallest absolute Gasteiger partial charge is 0.124 e. The van der Waals surface area contributed by atoms with Crippen LogP contribution in [0.3, 0.4) is 0 Å². The lowest BCUT2D eigenvalue weighted by Gasteiger charge is -2.14. The van der Waals surface area contributed by atoms with E-state index in [4.69, 9.17) is 28.2 Å². The highest BCUT2D eigenvalue weighted by atomic mass is 35.5. The molecule has 0 saturated heterocycles. The standard InChI is InChI=1S/C17H17Cl2N3/c1-21(2)11-17-20-15-5-3-4-6-16(15)22(17)10-12-7-8-13(18)9-14(12)19/h3-9H,10-11H2,1-2H3. The summed E-state index contributed by atoms with van der Waals surface area (Å²) in [5.41, 5.74) is 3.16. The third-order valence-electron chi connectivity index (χ3n) is 3.53. The Kier molecular flexibility index (Phi) is 4.39. The molecule has 0 atom stereocenters. The summed E-state index contributed by atoms with van der Waals surface area (Å²) in [5.74, 6) is 1.03. The first-order valence-electron chi connectivity index (χ1n) is 7.07. The first-order chi connectivity index (χ1) is 10.5. The van der Waals surface area contributed by atoms with Crippen LogP contribution in [0, 0.1) is 0 Å². The predicted octanol–water partition coefficient (Wildman–Crippen LogP) is 4.45. The Morgan fingerprint density at radius 3 is 2.59 bits per heavy atom. The van der Waals surface area contributed by atoms with Crippen molar-refractivity contribution in [3.05, 3.63) is 63.9 Å². The van der Waals surface area contributed by atoms with Crippen LogP contribution in [0.25, 0.3) is 11.0 Å². The fourth-order valence-corrected chi connectivity index (χ4v) is 2.99. The molecule has 3 aromatic rings. The summed E-state index contributed by atoms with van der Waals surface area (Å²) in [5, 5.41) is 1.33. The summed E-state index contributed by atoms with van der Waals surface area (Å²) in [6, 6.07) is 13.8. The molecule has 0 spiro atoms. The molecule has 3 rings (SSSR count). The molecule has 0 amide bonds. The van der Waals surface area contributed by atoms with Gasteiger partial charge in [-0.1, -0.05) is 41.4 Å². The first-order valence-corrected chi connectivity index (χ1v) is 7.83. The van der Waals surface area contributed by atoms with Gasteiger partial charge in [-0.05, 0) is 43.9 Å². The Labute approximate surface area is 140 Å². The molecule has 0 unspecified atom stereocenters. The number of hydrogen-bond donors (Lipinski definition) is 0. The van der Waals surface area contributed by atoms with Crippen molar-refractivity contribution in [2.75, 3.05) is 14.1 Å². The number of para-hydroxylation sites is 2. The minimum atomic E-state index is 0.651. The monoisotopic (exact) mass is 333 g/mol. The van der Waals surface area contributed by atoms with Crippen molar-refractivity contribution >= 4 is 34.2 Å². The minimum Gasteiger partial charge on any atom is -0.322 e. The first kappa shape index (κ1) is 15.3. The van der Waals surface area contributed by atoms with Crippen LogP contribution in [0.5, 0.6) is 0 Å². The molecule has 3 nitrogen and oxygen atoms in total. The van der Waals surface area contributed by atoms with Crippen LogP contribution in [0.15, 0.2) is 42.5 Å². The van der Waals surface area contributed by atoms with E-state index in [9.17, 15) is 0 Å². The van der Waals surface area contributed by atoms with Crippen LogP contribution >= 0.6 is 23.2 Å². The number of rotatable bonds is 4. The molecule has 0 aliphatic rings. The van der Waals surface area contributed by atoms with E-state index in [0.717, 1.165) is 29.0 Å². The number of aromatic nitrogens is 2. The van der Waals surface area contributed by atoms with E-state index in [1.165, 1.54) is 0 Å². The Balaban J connectivity index is 2.07. The molecule has 0 radical (unpaired) electrons. The van der Waals surface area contributed by atoms with Crippen molar-refractivity contribution in [3.63, 3.8) is 0 Å². The second-order valence-electron chi connectivity index (χ2n) is 5.58. The van der Waals surface area contributed by atoms with Crippen molar-refractivity contribution in [1.82, 2.24) is 14.5 Å². The second kappa shape index (κ2) is 6.29. The molecular weight excluding hydrogens is 317 g/mol. The van der Waals surface area contributed by atoms with Crippen LogP contribution in [0.4, 0.5) is 0 Å². The van der Waals surface area contributed by atoms with Crippen LogP contribution in [-0.4, -0.2) is 28.5 Å². The molecule has 0 N–H and O–H groups in total. The van der Waals surface area contributed by atoms with Crippen LogP contribution < -0.4 is 0 Å². The van der Waals surface area contributed by atoms with Crippen molar-refractivity contribution in [2.45, 2.75) is 13.1 Å². The molecule has 0 aliphatic carbocycles. The summed E-state index contributed by atoms with van der Waals surface area (Å²) in [6.45, 7) is 1.46. The number of benzene rings is 2. The molecular formula is C17H17Cl2N3. The van der Waals surface area contributed by atoms with Gasteiger partial charge in [-0.25, -0.2) is 4.98 Å². The Hall–Kier alpha value is -1.55. The van der Waals surface area contributed by atoms with Gasteiger partial charge < -0.3 is 9.47 Å². The van der Waals surface area contributed by atoms with E-state index in [2.05, 4.69) is 15.5 Å². The van der Waals surface area contributed by atoms with E-state index in [1.54, 1.807) is 6.07 Å². The van der Waals surface area contributed by atoms with Gasteiger partial charge in [0.15, 0.2) is 0 Å². The molecule has 5 heteroatoms. The number of imidazole rings is 1. The topological polar surface area (TPSA) is 21.1 Å². The van der Waals surface area contributed by atoms with Crippen LogP contribution in [-0.2, 0) is 13.1 Å². The molecule has 0 aliphatic heterocycles. The molecule has 0 bridgehead atoms. The van der Waals surface area contributed by atoms with Crippen molar-refractivity contribution < 1.29 is 0 Å². The van der Waals surface area contributed by atoms with Crippen LogP contribution in [0.2, 0.25) is 10.0 Å². The Morgan fingerprint density at radius 1 is 1.09 bits per heavy atom. The van der Waals surface area contributed by atoms with E-state index in [1.807, 2.05) is 44.4 Å². The highest BCUT2D eigenvalue weighted by molar-refractivity contribution is 6.35. The fourth-order valence-electron chi connectivity index (χ4n) is 2.53. The van der Waals surface area contributed by atoms with Crippen molar-refractivity contribution in [2.24, 2.45) is 0 Å². The van der Waals surface area contributed by atoms with Gasteiger partial charge in [0.1, 0.15) is 5.82 Å². The predicted molar refractivity (Wildman–Crippen MR) is 92.7 cm³/mol. The normalized spacial score (nSPS) is 11.5. The zero-order valence-corrected chi connectivity index (χ0v) is 14.1. The van der Waals surface area contributed by atoms with E-state index >= 15 is 0 Å². The van der Waals surface area contributed by atoms with E-state index in [-0.39, 0.29) is 0 Å². The molecule has 0 fully saturated rings. The van der Waals surface area contributed by atoms with Gasteiger partial charge in [0.25, 0.3) is 0 Å². The highest BCUT2D eigenvalue weighted by Crippen LogP contribution is 2.24. The van der Waals surface area contributed by atoms with Crippen molar-refractivity contribution in [3.8, 4) is 0 Å². The lowest BCUT2D eigenvalue weighted by molar-refractivity contribution is 0.384. The average molecular weight is 334 g/mol. The third kappa shape index (κ3) is 3.12. The number of halogens is 2. The van der Waals surface area contributed by atoms with Gasteiger partial charge in [-0.2, -0.15) is 0 Å². The lowest BCUT2D eigenvalue weighted by Crippen LogP contribution is -2.16. The van der Waals surface area contributed by atoms with Gasteiger partial charge in [0.05, 0.1) is 24.1 Å². The van der Waals surface area contributed by atoms with Gasteiger partial charge in [0, 0.05) is 10.0 Å². The molecule has 0 saturated carbocycles. The van der Waals surface area contributed by atoms with E-state index < -0.39 is 0 Å². The van der Waals surface area contributed by atoms with Crippen molar-refractivity contribution in [1.29, 1.82) is 0 Å². The van der Waals surface area contributed by atoms with E-state index in [0.29, 0.717) is 16.6 Å². The summed E-state index contributed by atoms with van der Waals surface area (Å²) in [6.07, 6.45) is 0. The number of nitrogens with zero attached hydrogens (tertiary/aromatic N) is 3. The summed E-state index contributed by atoms with van der Waals surface area (Å²) >= 11 is 12.3. The van der Waals surface area contributed by atoms with Gasteiger partial charge in [-0.15, -0.1) is 0 Å². The Morgan fingerprint density at radius 2 is 1.86 bits per heavy atom. The maximum atomic E-state index is 6.33. The Bertz CT molecular complexity index is 809. The molecule has 2 aromatic carbocycles. The summed E-state index contributed by atoms with van der Waals surface area (Å²) in [7, 11) is 4.08. The molecule has 1 heterocycles. The largest absolute Gasteiger partial charge is 0.322 e. The lowest BCUT2D eigenvalue weighted by atomic mass is 10.2. The number of hydrogen-bond acceptors (Lipinski definition) is 2. The molecule has 22 heavy (non-hydrogen) atoms. The molecule has 114 valence electrons. The zero-order chi connectivity index (χ0) is 15.7. The average Bonchev–Trinajstić information content (AvgIpc) is 2.79. The van der Waals surface area contributed by atoms with Gasteiger partial charge in [0.2, 0.25) is 0 Å². The van der Waals surface area contributed by atoms with Crippen LogP contribution in [0.1, 0.15) is 11.4 Å². The maximum Gasteiger partial charge on any atom is 0.124 e. The third-order valence-corrected chi connectivity index (χ3v) is 4.12. The van der Waals surface area contributed by atoms with Gasteiger partial charge >= 0.3 is 0 Å². The fraction of sp³-hybridized carbons (Fsp3) is 0.235. The summed E-state index contributed by atoms with van der Waals surface area (Å²) in [4.78, 5) is 6.86. The highest BCUT2D eigenvalue weighted by Gasteiger charge is 2.13.